The summed E-state index contributed by atoms with van der Waals surface area (Å²) in [5.74, 6) is -2.76. The predicted octanol–water partition coefficient (Wildman–Crippen LogP) is 6.11. The zero-order valence-corrected chi connectivity index (χ0v) is 36.0. The Morgan fingerprint density at radius 1 is 1.10 bits per heavy atom. The highest BCUT2D eigenvalue weighted by Crippen LogP contribution is 2.66. The van der Waals surface area contributed by atoms with Crippen molar-refractivity contribution < 1.29 is 42.9 Å². The van der Waals surface area contributed by atoms with Gasteiger partial charge >= 0.3 is 11.9 Å². The van der Waals surface area contributed by atoms with Crippen molar-refractivity contribution in [1.82, 2.24) is 9.88 Å². The molecule has 12 nitrogen and oxygen atoms in total. The number of carbonyl (C=O) groups is 4. The summed E-state index contributed by atoms with van der Waals surface area (Å²) >= 11 is 0. The lowest BCUT2D eigenvalue weighted by molar-refractivity contribution is -0.159. The van der Waals surface area contributed by atoms with Gasteiger partial charge in [0, 0.05) is 60.6 Å². The monoisotopic (exact) mass is 829 g/mol. The van der Waals surface area contributed by atoms with Crippen LogP contribution in [0.2, 0.25) is 0 Å². The van der Waals surface area contributed by atoms with Crippen LogP contribution >= 0.6 is 0 Å². The molecule has 1 saturated heterocycles. The maximum Gasteiger partial charge on any atom is 0.343 e. The van der Waals surface area contributed by atoms with E-state index in [0.29, 0.717) is 43.7 Å². The molecule has 60 heavy (non-hydrogen) atoms. The molecule has 2 aromatic rings. The molecule has 2 heterocycles. The summed E-state index contributed by atoms with van der Waals surface area (Å²) < 4.78 is 35.0. The highest BCUT2D eigenvalue weighted by Gasteiger charge is 2.62. The number of ether oxygens (including phenoxy) is 3. The summed E-state index contributed by atoms with van der Waals surface area (Å²) in [7, 11) is 1.46. The third-order valence-corrected chi connectivity index (χ3v) is 15.6. The van der Waals surface area contributed by atoms with E-state index in [2.05, 4.69) is 19.2 Å². The molecule has 9 atom stereocenters. The standard InChI is InChI=1S/C47H60FN3O9/c1-25-21-50(17-16-49-25)40-35(48)19-31-39(42(40)58-7)51(28-9-10-28)22-32(41(31)55)44(57)60-24-45(3,4)26(2)43(56)59-23-37(54)34-13-12-33-30-11-8-27-18-29(52)14-15-46(27,5)38(30)36(53)20-47(33,34)6/h14-15,18-19,22,25-26,28,30,33-34,36,38,49,53H,8-13,16-17,20-21,23-24H2,1-7H3/t25?,26?,30?,33?,34-,36?,38?,46?,47?/m1/s1. The number of carbonyl (C=O) groups excluding carboxylic acids is 4. The zero-order valence-electron chi connectivity index (χ0n) is 36.0. The van der Waals surface area contributed by atoms with Gasteiger partial charge in [0.2, 0.25) is 5.43 Å². The molecule has 13 heteroatoms. The number of ketones is 2. The maximum atomic E-state index is 16.0. The van der Waals surface area contributed by atoms with E-state index in [4.69, 9.17) is 14.2 Å². The molecule has 6 aliphatic rings. The van der Waals surface area contributed by atoms with Crippen LogP contribution in [0, 0.1) is 51.7 Å². The molecule has 1 aliphatic heterocycles. The van der Waals surface area contributed by atoms with Gasteiger partial charge in [0.15, 0.2) is 23.1 Å². The van der Waals surface area contributed by atoms with Gasteiger partial charge < -0.3 is 34.1 Å². The van der Waals surface area contributed by atoms with Crippen LogP contribution in [0.4, 0.5) is 10.1 Å². The Bertz CT molecular complexity index is 2240. The highest BCUT2D eigenvalue weighted by molar-refractivity contribution is 6.01. The minimum Gasteiger partial charge on any atom is -0.492 e. The number of pyridine rings is 1. The second-order valence-electron chi connectivity index (χ2n) is 19.7. The number of hydrogen-bond acceptors (Lipinski definition) is 11. The van der Waals surface area contributed by atoms with Gasteiger partial charge in [0.25, 0.3) is 0 Å². The van der Waals surface area contributed by atoms with Gasteiger partial charge in [-0.25, -0.2) is 9.18 Å². The summed E-state index contributed by atoms with van der Waals surface area (Å²) in [6, 6.07) is 1.33. The molecular weight excluding hydrogens is 770 g/mol. The van der Waals surface area contributed by atoms with Gasteiger partial charge in [-0.2, -0.15) is 0 Å². The lowest BCUT2D eigenvalue weighted by Gasteiger charge is -2.58. The molecule has 2 N–H and O–H groups in total. The van der Waals surface area contributed by atoms with Crippen LogP contribution in [0.15, 0.2) is 40.9 Å². The number of nitrogens with one attached hydrogen (secondary N) is 1. The van der Waals surface area contributed by atoms with Crippen molar-refractivity contribution in [3.8, 4) is 5.75 Å². The fraction of sp³-hybridized carbons (Fsp3) is 0.638. The first-order valence-corrected chi connectivity index (χ1v) is 21.8. The third kappa shape index (κ3) is 7.10. The Balaban J connectivity index is 0.922. The number of allylic oxidation sites excluding steroid dienone is 4. The van der Waals surface area contributed by atoms with E-state index < -0.39 is 52.6 Å². The molecule has 324 valence electrons. The molecule has 0 spiro atoms. The summed E-state index contributed by atoms with van der Waals surface area (Å²) in [6.45, 7) is 12.6. The number of aliphatic hydroxyl groups excluding tert-OH is 1. The summed E-state index contributed by atoms with van der Waals surface area (Å²) in [4.78, 5) is 69.1. The maximum absolute atomic E-state index is 16.0. The van der Waals surface area contributed by atoms with Gasteiger partial charge in [0.1, 0.15) is 17.9 Å². The van der Waals surface area contributed by atoms with E-state index in [0.717, 1.165) is 37.7 Å². The highest BCUT2D eigenvalue weighted by atomic mass is 19.1. The van der Waals surface area contributed by atoms with Gasteiger partial charge in [-0.3, -0.25) is 19.2 Å². The molecule has 0 amide bonds. The number of nitrogens with zero attached hydrogens (tertiary/aromatic N) is 2. The van der Waals surface area contributed by atoms with Crippen LogP contribution in [0.25, 0.3) is 10.9 Å². The molecule has 0 radical (unpaired) electrons. The number of aliphatic hydroxyl groups is 1. The number of rotatable bonds is 11. The number of hydrogen-bond donors (Lipinski definition) is 2. The number of piperazine rings is 1. The fourth-order valence-electron chi connectivity index (χ4n) is 11.8. The Labute approximate surface area is 350 Å². The molecule has 5 aliphatic carbocycles. The number of halogens is 1. The first-order chi connectivity index (χ1) is 28.4. The quantitative estimate of drug-likeness (QED) is 0.253. The van der Waals surface area contributed by atoms with Gasteiger partial charge in [0.05, 0.1) is 36.6 Å². The molecule has 1 aromatic carbocycles. The number of fused-ring (bicyclic) bond motifs is 6. The Morgan fingerprint density at radius 3 is 2.55 bits per heavy atom. The topological polar surface area (TPSA) is 153 Å². The second-order valence-corrected chi connectivity index (χ2v) is 19.7. The predicted molar refractivity (Wildman–Crippen MR) is 223 cm³/mol. The van der Waals surface area contributed by atoms with E-state index in [1.165, 1.54) is 19.4 Å². The van der Waals surface area contributed by atoms with Crippen molar-refractivity contribution in [3.05, 3.63) is 57.7 Å². The van der Waals surface area contributed by atoms with Crippen molar-refractivity contribution in [2.24, 2.45) is 45.8 Å². The van der Waals surface area contributed by atoms with Gasteiger partial charge in [-0.15, -0.1) is 0 Å². The molecule has 1 aromatic heterocycles. The molecule has 5 fully saturated rings. The van der Waals surface area contributed by atoms with Crippen LogP contribution < -0.4 is 20.4 Å². The number of anilines is 1. The first-order valence-electron chi connectivity index (χ1n) is 21.8. The van der Waals surface area contributed by atoms with Crippen molar-refractivity contribution in [2.45, 2.75) is 105 Å². The van der Waals surface area contributed by atoms with E-state index in [1.54, 1.807) is 32.9 Å². The van der Waals surface area contributed by atoms with Crippen molar-refractivity contribution in [3.63, 3.8) is 0 Å². The van der Waals surface area contributed by atoms with Crippen LogP contribution in [0.3, 0.4) is 0 Å². The van der Waals surface area contributed by atoms with Crippen molar-refractivity contribution >= 4 is 40.1 Å². The lowest BCUT2D eigenvalue weighted by atomic mass is 9.46. The van der Waals surface area contributed by atoms with Crippen LogP contribution in [0.5, 0.6) is 5.75 Å². The molecular formula is C47H60FN3O9. The number of Topliss-reactive ketones (excluding diaryl/α,β-unsaturated/α-hetero) is 1. The summed E-state index contributed by atoms with van der Waals surface area (Å²) in [5.41, 5.74) is -0.859. The van der Waals surface area contributed by atoms with Crippen molar-refractivity contribution in [1.29, 1.82) is 0 Å². The van der Waals surface area contributed by atoms with E-state index in [9.17, 15) is 29.1 Å². The number of aromatic nitrogens is 1. The van der Waals surface area contributed by atoms with Crippen LogP contribution in [-0.4, -0.2) is 85.3 Å². The third-order valence-electron chi connectivity index (χ3n) is 15.6. The number of benzene rings is 1. The van der Waals surface area contributed by atoms with Gasteiger partial charge in [-0.1, -0.05) is 46.3 Å². The van der Waals surface area contributed by atoms with Crippen LogP contribution in [0.1, 0.15) is 103 Å². The molecule has 0 bridgehead atoms. The van der Waals surface area contributed by atoms with E-state index in [1.807, 2.05) is 22.5 Å². The normalized spacial score (nSPS) is 31.8. The zero-order chi connectivity index (χ0) is 43.1. The summed E-state index contributed by atoms with van der Waals surface area (Å²) in [5, 5.41) is 15.1. The van der Waals surface area contributed by atoms with Crippen LogP contribution in [-0.2, 0) is 23.9 Å². The van der Waals surface area contributed by atoms with Gasteiger partial charge in [-0.05, 0) is 87.3 Å². The molecule has 4 saturated carbocycles. The summed E-state index contributed by atoms with van der Waals surface area (Å²) in [6.07, 6.45) is 11.5. The Kier molecular flexibility index (Phi) is 11.0. The smallest absolute Gasteiger partial charge is 0.343 e. The number of esters is 2. The lowest BCUT2D eigenvalue weighted by Crippen LogP contribution is -2.56. The van der Waals surface area contributed by atoms with E-state index >= 15 is 4.39 Å². The average Bonchev–Trinajstić information content (AvgIpc) is 3.99. The Hall–Kier alpha value is -4.36. The SMILES string of the molecule is COc1c(N2CCNC(C)C2)c(F)cc2c(=O)c(C(=O)OCC(C)(C)C(C)C(=O)OCC(=O)[C@H]3CCC4C5CCC6=CC(=O)C=CC6(C)C5C(O)CC43C)cn(C3CC3)c12. The average molecular weight is 830 g/mol. The largest absolute Gasteiger partial charge is 0.492 e. The number of methoxy groups -OCH3 is 1. The first kappa shape index (κ1) is 42.3. The van der Waals surface area contributed by atoms with E-state index in [-0.39, 0.29) is 76.0 Å². The minimum atomic E-state index is -0.942. The Morgan fingerprint density at radius 2 is 1.85 bits per heavy atom. The minimum absolute atomic E-state index is 0.00364. The molecule has 8 rings (SSSR count). The van der Waals surface area contributed by atoms with Crippen molar-refractivity contribution in [2.75, 3.05) is 44.9 Å². The molecule has 8 unspecified atom stereocenters. The fourth-order valence-corrected chi connectivity index (χ4v) is 11.8. The second kappa shape index (κ2) is 15.5.